The molecule has 1 aliphatic heterocycles. The second kappa shape index (κ2) is 14.1. The third-order valence-electron chi connectivity index (χ3n) is 8.33. The van der Waals surface area contributed by atoms with Gasteiger partial charge >= 0.3 is 0 Å². The highest BCUT2D eigenvalue weighted by Crippen LogP contribution is 2.47. The van der Waals surface area contributed by atoms with Crippen LogP contribution in [0.3, 0.4) is 0 Å². The minimum Gasteiger partial charge on any atom is -0.434 e. The lowest BCUT2D eigenvalue weighted by atomic mass is 10.0. The number of pyridine rings is 3. The van der Waals surface area contributed by atoms with Crippen molar-refractivity contribution >= 4 is 34.2 Å². The van der Waals surface area contributed by atoms with E-state index in [1.807, 2.05) is 19.1 Å². The molecule has 4 heterocycles. The Balaban J connectivity index is 1.12. The van der Waals surface area contributed by atoms with E-state index in [1.54, 1.807) is 24.5 Å². The normalized spacial score (nSPS) is 15.4. The molecule has 1 aromatic carbocycles. The van der Waals surface area contributed by atoms with Crippen molar-refractivity contribution < 1.29 is 28.2 Å². The van der Waals surface area contributed by atoms with Gasteiger partial charge in [-0.15, -0.1) is 5.26 Å². The Morgan fingerprint density at radius 3 is 2.47 bits per heavy atom. The average Bonchev–Trinajstić information content (AvgIpc) is 3.89. The Morgan fingerprint density at radius 2 is 1.77 bits per heavy atom. The largest absolute Gasteiger partial charge is 0.434 e. The van der Waals surface area contributed by atoms with E-state index in [1.165, 1.54) is 18.5 Å². The molecule has 2 aliphatic rings. The van der Waals surface area contributed by atoms with Crippen LogP contribution in [0.1, 0.15) is 36.8 Å². The SMILES string of the molecule is Cc1ccc(NC(=O)C2(C(=O)Nc3cnc(Oc4ccnc5cc(CCCCN6CCOCC6)c(OC#N)nc45)c(F)c3)CC2)cc1. The number of anilines is 2. The highest BCUT2D eigenvalue weighted by Gasteiger charge is 2.56. The van der Waals surface area contributed by atoms with Gasteiger partial charge in [-0.2, -0.15) is 0 Å². The van der Waals surface area contributed by atoms with Crippen LogP contribution in [-0.2, 0) is 20.7 Å². The monoisotopic (exact) mass is 639 g/mol. The molecule has 1 saturated heterocycles. The smallest absolute Gasteiger partial charge is 0.293 e. The van der Waals surface area contributed by atoms with Gasteiger partial charge in [-0.25, -0.2) is 14.4 Å². The van der Waals surface area contributed by atoms with Gasteiger partial charge in [-0.05, 0) is 63.8 Å². The molecule has 2 N–H and O–H groups in total. The number of halogens is 1. The van der Waals surface area contributed by atoms with Crippen molar-refractivity contribution in [1.82, 2.24) is 19.9 Å². The van der Waals surface area contributed by atoms with Crippen LogP contribution in [0.15, 0.2) is 54.9 Å². The number of benzene rings is 1. The van der Waals surface area contributed by atoms with Gasteiger partial charge in [0.2, 0.25) is 17.7 Å². The van der Waals surface area contributed by atoms with Crippen molar-refractivity contribution in [3.63, 3.8) is 0 Å². The van der Waals surface area contributed by atoms with E-state index in [0.717, 1.165) is 62.9 Å². The maximum absolute atomic E-state index is 15.2. The minimum atomic E-state index is -1.23. The van der Waals surface area contributed by atoms with E-state index in [4.69, 9.17) is 14.2 Å². The fourth-order valence-electron chi connectivity index (χ4n) is 5.43. The molecule has 0 spiro atoms. The molecule has 0 unspecified atom stereocenters. The molecule has 2 amide bonds. The number of nitriles is 1. The summed E-state index contributed by atoms with van der Waals surface area (Å²) in [5.74, 6) is -1.86. The molecule has 4 aromatic rings. The van der Waals surface area contributed by atoms with Crippen molar-refractivity contribution in [2.24, 2.45) is 5.41 Å². The zero-order chi connectivity index (χ0) is 32.8. The van der Waals surface area contributed by atoms with Crippen LogP contribution in [-0.4, -0.2) is 64.5 Å². The summed E-state index contributed by atoms with van der Waals surface area (Å²) in [5.41, 5.74) is 1.97. The first-order valence-corrected chi connectivity index (χ1v) is 15.5. The molecule has 1 saturated carbocycles. The summed E-state index contributed by atoms with van der Waals surface area (Å²) in [6.45, 7) is 6.25. The molecule has 1 aliphatic carbocycles. The van der Waals surface area contributed by atoms with Gasteiger partial charge in [0, 0.05) is 42.7 Å². The first kappa shape index (κ1) is 31.8. The van der Waals surface area contributed by atoms with Crippen LogP contribution in [0, 0.1) is 29.7 Å². The number of rotatable bonds is 12. The number of fused-ring (bicyclic) bond motifs is 1. The van der Waals surface area contributed by atoms with E-state index in [0.29, 0.717) is 30.5 Å². The number of ether oxygens (including phenoxy) is 3. The lowest BCUT2D eigenvalue weighted by molar-refractivity contribution is -0.131. The van der Waals surface area contributed by atoms with Crippen molar-refractivity contribution in [3.05, 3.63) is 71.8 Å². The van der Waals surface area contributed by atoms with Crippen molar-refractivity contribution in [2.45, 2.75) is 39.0 Å². The Morgan fingerprint density at radius 1 is 1.02 bits per heavy atom. The van der Waals surface area contributed by atoms with E-state index in [9.17, 15) is 14.9 Å². The van der Waals surface area contributed by atoms with Crippen molar-refractivity contribution in [2.75, 3.05) is 43.5 Å². The fourth-order valence-corrected chi connectivity index (χ4v) is 5.43. The molecule has 47 heavy (non-hydrogen) atoms. The lowest BCUT2D eigenvalue weighted by Crippen LogP contribution is -2.36. The Bertz CT molecular complexity index is 1820. The van der Waals surface area contributed by atoms with Gasteiger partial charge in [-0.1, -0.05) is 17.7 Å². The van der Waals surface area contributed by atoms with Crippen LogP contribution in [0.5, 0.6) is 17.5 Å². The van der Waals surface area contributed by atoms with Gasteiger partial charge < -0.3 is 24.8 Å². The Labute approximate surface area is 270 Å². The number of hydrogen-bond acceptors (Lipinski definition) is 10. The first-order valence-electron chi connectivity index (χ1n) is 15.5. The van der Waals surface area contributed by atoms with Crippen LogP contribution in [0.4, 0.5) is 15.8 Å². The number of unbranched alkanes of at least 4 members (excludes halogenated alkanes) is 1. The number of aromatic nitrogens is 3. The highest BCUT2D eigenvalue weighted by molar-refractivity contribution is 6.16. The van der Waals surface area contributed by atoms with E-state index in [2.05, 4.69) is 30.5 Å². The van der Waals surface area contributed by atoms with Crippen LogP contribution < -0.4 is 20.1 Å². The van der Waals surface area contributed by atoms with Crippen molar-refractivity contribution in [3.8, 4) is 23.8 Å². The summed E-state index contributed by atoms with van der Waals surface area (Å²) in [6, 6.07) is 11.6. The Hall–Kier alpha value is -5.19. The van der Waals surface area contributed by atoms with Gasteiger partial charge in [0.1, 0.15) is 10.9 Å². The van der Waals surface area contributed by atoms with Gasteiger partial charge in [0.15, 0.2) is 11.6 Å². The molecule has 13 heteroatoms. The Kier molecular flexibility index (Phi) is 9.51. The number of amides is 2. The maximum atomic E-state index is 15.2. The molecule has 0 bridgehead atoms. The zero-order valence-electron chi connectivity index (χ0n) is 25.9. The zero-order valence-corrected chi connectivity index (χ0v) is 25.9. The topological polar surface area (TPSA) is 152 Å². The number of hydrogen-bond donors (Lipinski definition) is 2. The molecule has 0 radical (unpaired) electrons. The second-order valence-electron chi connectivity index (χ2n) is 11.7. The van der Waals surface area contributed by atoms with E-state index < -0.39 is 23.0 Å². The highest BCUT2D eigenvalue weighted by atomic mass is 19.1. The van der Waals surface area contributed by atoms with Crippen molar-refractivity contribution in [1.29, 1.82) is 5.26 Å². The summed E-state index contributed by atoms with van der Waals surface area (Å²) in [7, 11) is 0. The predicted molar refractivity (Wildman–Crippen MR) is 170 cm³/mol. The maximum Gasteiger partial charge on any atom is 0.293 e. The molecular weight excluding hydrogens is 605 g/mol. The summed E-state index contributed by atoms with van der Waals surface area (Å²) >= 11 is 0. The van der Waals surface area contributed by atoms with Crippen LogP contribution in [0.25, 0.3) is 11.0 Å². The minimum absolute atomic E-state index is 0.0786. The summed E-state index contributed by atoms with van der Waals surface area (Å²) in [4.78, 5) is 41.3. The number of aryl methyl sites for hydroxylation is 2. The predicted octanol–water partition coefficient (Wildman–Crippen LogP) is 5.14. The third-order valence-corrected chi connectivity index (χ3v) is 8.33. The molecule has 6 rings (SSSR count). The quantitative estimate of drug-likeness (QED) is 0.121. The standard InChI is InChI=1S/C34H34FN7O5/c1-22-5-7-24(8-6-22)39-32(43)34(10-11-34)33(44)40-25-19-26(35)31(38-20-25)47-28-9-12-37-27-18-23(30(46-21-36)41-29(27)28)4-2-3-13-42-14-16-45-17-15-42/h5-9,12,18-20H,2-4,10-11,13-17H2,1H3,(H,39,43)(H,40,44). The van der Waals surface area contributed by atoms with E-state index in [-0.39, 0.29) is 28.7 Å². The van der Waals surface area contributed by atoms with Crippen LogP contribution >= 0.6 is 0 Å². The first-order chi connectivity index (χ1) is 22.8. The van der Waals surface area contributed by atoms with Crippen LogP contribution in [0.2, 0.25) is 0 Å². The summed E-state index contributed by atoms with van der Waals surface area (Å²) in [6.07, 6.45) is 7.66. The molecule has 242 valence electrons. The lowest BCUT2D eigenvalue weighted by Gasteiger charge is -2.26. The summed E-state index contributed by atoms with van der Waals surface area (Å²) in [5, 5.41) is 14.7. The number of carbonyl (C=O) groups is 2. The van der Waals surface area contributed by atoms with Gasteiger partial charge in [0.25, 0.3) is 12.1 Å². The number of nitrogens with one attached hydrogen (secondary N) is 2. The number of nitrogens with zero attached hydrogens (tertiary/aromatic N) is 5. The number of carbonyl (C=O) groups excluding carboxylic acids is 2. The number of morpholine rings is 1. The molecule has 0 atom stereocenters. The molecule has 12 nitrogen and oxygen atoms in total. The fraction of sp³-hybridized carbons (Fsp3) is 0.353. The molecule has 3 aromatic heterocycles. The van der Waals surface area contributed by atoms with Gasteiger partial charge in [-0.3, -0.25) is 19.5 Å². The third kappa shape index (κ3) is 7.45. The average molecular weight is 640 g/mol. The van der Waals surface area contributed by atoms with Gasteiger partial charge in [0.05, 0.1) is 30.6 Å². The second-order valence-corrected chi connectivity index (χ2v) is 11.7. The van der Waals surface area contributed by atoms with E-state index >= 15 is 4.39 Å². The summed E-state index contributed by atoms with van der Waals surface area (Å²) < 4.78 is 31.6. The molecular formula is C34H34FN7O5. The molecule has 2 fully saturated rings.